The number of hydrogen-bond acceptors (Lipinski definition) is 5. The number of carboxylic acids is 1. The summed E-state index contributed by atoms with van der Waals surface area (Å²) in [6.45, 7) is 3.73. The Labute approximate surface area is 119 Å². The van der Waals surface area contributed by atoms with Gasteiger partial charge in [0.2, 0.25) is 0 Å². The number of rotatable bonds is 4. The van der Waals surface area contributed by atoms with Crippen LogP contribution in [0, 0.1) is 5.92 Å². The van der Waals surface area contributed by atoms with Crippen molar-refractivity contribution in [2.75, 3.05) is 26.3 Å². The molecule has 1 heterocycles. The van der Waals surface area contributed by atoms with Crippen LogP contribution in [0.2, 0.25) is 0 Å². The number of carbonyl (C=O) groups is 1. The number of aliphatic hydroxyl groups is 2. The van der Waals surface area contributed by atoms with E-state index in [9.17, 15) is 15.0 Å². The number of ether oxygens (including phenoxy) is 1. The highest BCUT2D eigenvalue weighted by Gasteiger charge is 2.39. The van der Waals surface area contributed by atoms with Crippen molar-refractivity contribution in [2.24, 2.45) is 5.92 Å². The summed E-state index contributed by atoms with van der Waals surface area (Å²) < 4.78 is 5.49. The zero-order chi connectivity index (χ0) is 14.8. The topological polar surface area (TPSA) is 90.2 Å². The Hall–Kier alpha value is -0.690. The molecule has 116 valence electrons. The monoisotopic (exact) mass is 287 g/mol. The van der Waals surface area contributed by atoms with Gasteiger partial charge in [-0.1, -0.05) is 0 Å². The quantitative estimate of drug-likeness (QED) is 0.678. The van der Waals surface area contributed by atoms with E-state index in [1.807, 2.05) is 6.92 Å². The van der Waals surface area contributed by atoms with E-state index in [0.29, 0.717) is 45.4 Å². The summed E-state index contributed by atoms with van der Waals surface area (Å²) in [6, 6.07) is 0.207. The molecule has 0 amide bonds. The van der Waals surface area contributed by atoms with Gasteiger partial charge in [0.15, 0.2) is 0 Å². The number of aliphatic carboxylic acids is 1. The summed E-state index contributed by atoms with van der Waals surface area (Å²) in [5.41, 5.74) is -0.808. The summed E-state index contributed by atoms with van der Waals surface area (Å²) in [5.74, 6) is -1.07. The molecule has 1 aliphatic heterocycles. The third kappa shape index (κ3) is 3.69. The van der Waals surface area contributed by atoms with Crippen molar-refractivity contribution in [2.45, 2.75) is 50.4 Å². The third-order valence-electron chi connectivity index (χ3n) is 4.60. The second kappa shape index (κ2) is 6.39. The molecule has 20 heavy (non-hydrogen) atoms. The van der Waals surface area contributed by atoms with Gasteiger partial charge in [0, 0.05) is 19.1 Å². The third-order valence-corrected chi connectivity index (χ3v) is 4.60. The molecule has 0 aromatic rings. The first-order valence-electron chi connectivity index (χ1n) is 7.35. The van der Waals surface area contributed by atoms with Crippen LogP contribution in [-0.2, 0) is 9.53 Å². The average molecular weight is 287 g/mol. The highest BCUT2D eigenvalue weighted by atomic mass is 16.5. The Morgan fingerprint density at radius 3 is 2.60 bits per heavy atom. The molecule has 2 fully saturated rings. The molecule has 6 nitrogen and oxygen atoms in total. The number of nitrogens with zero attached hydrogens (tertiary/aromatic N) is 1. The van der Waals surface area contributed by atoms with Crippen molar-refractivity contribution in [3.05, 3.63) is 0 Å². The Bertz CT molecular complexity index is 340. The first-order valence-corrected chi connectivity index (χ1v) is 7.35. The number of aliphatic hydroxyl groups excluding tert-OH is 1. The van der Waals surface area contributed by atoms with Crippen molar-refractivity contribution in [3.8, 4) is 0 Å². The SMILES string of the molecule is CC1COC(CO)CN1CC1(O)CCC(C(=O)O)CC1. The summed E-state index contributed by atoms with van der Waals surface area (Å²) in [7, 11) is 0. The predicted molar refractivity (Wildman–Crippen MR) is 72.4 cm³/mol. The van der Waals surface area contributed by atoms with Crippen LogP contribution in [0.5, 0.6) is 0 Å². The lowest BCUT2D eigenvalue weighted by Crippen LogP contribution is -2.55. The van der Waals surface area contributed by atoms with E-state index in [-0.39, 0.29) is 24.7 Å². The molecule has 0 spiro atoms. The number of morpholine rings is 1. The minimum absolute atomic E-state index is 0.0112. The van der Waals surface area contributed by atoms with Gasteiger partial charge < -0.3 is 20.1 Å². The Balaban J connectivity index is 1.90. The van der Waals surface area contributed by atoms with Crippen LogP contribution in [0.3, 0.4) is 0 Å². The predicted octanol–water partition coefficient (Wildman–Crippen LogP) is 0.0739. The Kier molecular flexibility index (Phi) is 5.01. The maximum Gasteiger partial charge on any atom is 0.306 e. The van der Waals surface area contributed by atoms with Gasteiger partial charge in [-0.2, -0.15) is 0 Å². The minimum Gasteiger partial charge on any atom is -0.481 e. The fourth-order valence-corrected chi connectivity index (χ4v) is 3.14. The smallest absolute Gasteiger partial charge is 0.306 e. The highest BCUT2D eigenvalue weighted by Crippen LogP contribution is 2.33. The lowest BCUT2D eigenvalue weighted by Gasteiger charge is -2.44. The van der Waals surface area contributed by atoms with E-state index in [0.717, 1.165) is 0 Å². The van der Waals surface area contributed by atoms with Crippen LogP contribution in [0.25, 0.3) is 0 Å². The molecule has 6 heteroatoms. The lowest BCUT2D eigenvalue weighted by molar-refractivity contribution is -0.146. The van der Waals surface area contributed by atoms with Crippen molar-refractivity contribution >= 4 is 5.97 Å². The van der Waals surface area contributed by atoms with E-state index >= 15 is 0 Å². The molecule has 0 bridgehead atoms. The molecular formula is C14H25NO5. The van der Waals surface area contributed by atoms with Gasteiger partial charge in [-0.15, -0.1) is 0 Å². The van der Waals surface area contributed by atoms with Crippen molar-refractivity contribution < 1.29 is 24.9 Å². The van der Waals surface area contributed by atoms with Crippen LogP contribution in [0.4, 0.5) is 0 Å². The maximum atomic E-state index is 11.0. The minimum atomic E-state index is -0.808. The molecule has 0 radical (unpaired) electrons. The zero-order valence-electron chi connectivity index (χ0n) is 12.0. The number of carboxylic acid groups (broad SMARTS) is 1. The first kappa shape index (κ1) is 15.7. The molecule has 3 N–H and O–H groups in total. The van der Waals surface area contributed by atoms with Gasteiger partial charge in [0.1, 0.15) is 0 Å². The van der Waals surface area contributed by atoms with Crippen LogP contribution >= 0.6 is 0 Å². The van der Waals surface area contributed by atoms with Crippen LogP contribution in [0.1, 0.15) is 32.6 Å². The van der Waals surface area contributed by atoms with Gasteiger partial charge in [0.25, 0.3) is 0 Å². The largest absolute Gasteiger partial charge is 0.481 e. The fraction of sp³-hybridized carbons (Fsp3) is 0.929. The van der Waals surface area contributed by atoms with Crippen LogP contribution < -0.4 is 0 Å². The summed E-state index contributed by atoms with van der Waals surface area (Å²) in [5, 5.41) is 28.8. The van der Waals surface area contributed by atoms with E-state index in [4.69, 9.17) is 9.84 Å². The molecule has 2 aliphatic rings. The van der Waals surface area contributed by atoms with Crippen molar-refractivity contribution in [3.63, 3.8) is 0 Å². The molecule has 1 saturated carbocycles. The highest BCUT2D eigenvalue weighted by molar-refractivity contribution is 5.70. The number of β-amino-alcohol motifs (C(OH)–C–C–N with tert-alkyl or cyclic N) is 1. The second-order valence-corrected chi connectivity index (χ2v) is 6.25. The first-order chi connectivity index (χ1) is 9.43. The maximum absolute atomic E-state index is 11.0. The van der Waals surface area contributed by atoms with E-state index in [1.165, 1.54) is 0 Å². The molecule has 1 saturated heterocycles. The molecule has 0 aromatic heterocycles. The molecule has 2 unspecified atom stereocenters. The lowest BCUT2D eigenvalue weighted by atomic mass is 9.78. The normalized spacial score (nSPS) is 39.6. The standard InChI is InChI=1S/C14H25NO5/c1-10-8-20-12(7-16)6-15(10)9-14(19)4-2-11(3-5-14)13(17)18/h10-12,16,19H,2-9H2,1H3,(H,17,18). The molecule has 2 rings (SSSR count). The summed E-state index contributed by atoms with van der Waals surface area (Å²) >= 11 is 0. The molecule has 0 aromatic carbocycles. The van der Waals surface area contributed by atoms with Gasteiger partial charge in [-0.25, -0.2) is 0 Å². The molecular weight excluding hydrogens is 262 g/mol. The molecule has 1 aliphatic carbocycles. The summed E-state index contributed by atoms with van der Waals surface area (Å²) in [4.78, 5) is 13.1. The van der Waals surface area contributed by atoms with E-state index < -0.39 is 11.6 Å². The zero-order valence-corrected chi connectivity index (χ0v) is 12.0. The van der Waals surface area contributed by atoms with Gasteiger partial charge >= 0.3 is 5.97 Å². The molecule has 2 atom stereocenters. The van der Waals surface area contributed by atoms with Gasteiger partial charge in [-0.05, 0) is 32.6 Å². The van der Waals surface area contributed by atoms with Gasteiger partial charge in [0.05, 0.1) is 30.8 Å². The van der Waals surface area contributed by atoms with Crippen molar-refractivity contribution in [1.82, 2.24) is 4.90 Å². The van der Waals surface area contributed by atoms with E-state index in [2.05, 4.69) is 4.90 Å². The summed E-state index contributed by atoms with van der Waals surface area (Å²) in [6.07, 6.45) is 1.93. The van der Waals surface area contributed by atoms with Crippen molar-refractivity contribution in [1.29, 1.82) is 0 Å². The van der Waals surface area contributed by atoms with Crippen LogP contribution in [0.15, 0.2) is 0 Å². The number of hydrogen-bond donors (Lipinski definition) is 3. The van der Waals surface area contributed by atoms with E-state index in [1.54, 1.807) is 0 Å². The van der Waals surface area contributed by atoms with Crippen LogP contribution in [-0.4, -0.2) is 70.2 Å². The van der Waals surface area contributed by atoms with Gasteiger partial charge in [-0.3, -0.25) is 9.69 Å². The Morgan fingerprint density at radius 2 is 2.05 bits per heavy atom. The second-order valence-electron chi connectivity index (χ2n) is 6.25. The Morgan fingerprint density at radius 1 is 1.40 bits per heavy atom. The average Bonchev–Trinajstić information content (AvgIpc) is 2.41. The fourth-order valence-electron chi connectivity index (χ4n) is 3.14.